The molecule has 1 aromatic carbocycles. The van der Waals surface area contributed by atoms with E-state index in [1.807, 2.05) is 21.7 Å². The summed E-state index contributed by atoms with van der Waals surface area (Å²) >= 11 is 12.5. The summed E-state index contributed by atoms with van der Waals surface area (Å²) in [5.74, 6) is 1.09. The number of likely N-dealkylation sites (tertiary alicyclic amines) is 1. The fraction of sp³-hybridized carbons (Fsp3) is 0.600. The Bertz CT molecular complexity index is 1000. The Balaban J connectivity index is 1.26. The minimum atomic E-state index is 0.0975. The lowest BCUT2D eigenvalue weighted by Crippen LogP contribution is -2.48. The third-order valence-corrected chi connectivity index (χ3v) is 7.59. The third kappa shape index (κ3) is 5.09. The first kappa shape index (κ1) is 23.2. The Morgan fingerprint density at radius 3 is 2.42 bits per heavy atom. The summed E-state index contributed by atoms with van der Waals surface area (Å²) in [4.78, 5) is 18.1. The molecule has 2 unspecified atom stereocenters. The molecule has 2 saturated heterocycles. The summed E-state index contributed by atoms with van der Waals surface area (Å²) in [7, 11) is 0. The molecule has 3 aliphatic rings. The van der Waals surface area contributed by atoms with Gasteiger partial charge in [-0.15, -0.1) is 0 Å². The van der Waals surface area contributed by atoms with Crippen LogP contribution in [-0.2, 0) is 4.74 Å². The van der Waals surface area contributed by atoms with E-state index < -0.39 is 0 Å². The van der Waals surface area contributed by atoms with Crippen LogP contribution in [0.15, 0.2) is 24.4 Å². The average Bonchev–Trinajstić information content (AvgIpc) is 3.51. The van der Waals surface area contributed by atoms with Crippen molar-refractivity contribution >= 4 is 29.1 Å². The predicted octanol–water partition coefficient (Wildman–Crippen LogP) is 5.02. The number of benzene rings is 1. The Morgan fingerprint density at radius 1 is 1.09 bits per heavy atom. The van der Waals surface area contributed by atoms with Crippen molar-refractivity contribution in [2.45, 2.75) is 57.7 Å². The van der Waals surface area contributed by atoms with Gasteiger partial charge in [-0.2, -0.15) is 5.10 Å². The van der Waals surface area contributed by atoms with Gasteiger partial charge in [-0.25, -0.2) is 4.68 Å². The zero-order valence-electron chi connectivity index (χ0n) is 19.3. The van der Waals surface area contributed by atoms with Crippen molar-refractivity contribution in [1.82, 2.24) is 19.6 Å². The molecule has 2 aromatic rings. The Kier molecular flexibility index (Phi) is 6.72. The van der Waals surface area contributed by atoms with E-state index >= 15 is 0 Å². The Morgan fingerprint density at radius 2 is 1.79 bits per heavy atom. The number of carbonyl (C=O) groups excluding carboxylic acids is 1. The van der Waals surface area contributed by atoms with Gasteiger partial charge in [-0.3, -0.25) is 9.69 Å². The fourth-order valence-electron chi connectivity index (χ4n) is 5.40. The second-order valence-corrected chi connectivity index (χ2v) is 10.8. The van der Waals surface area contributed by atoms with Crippen LogP contribution in [0.2, 0.25) is 10.0 Å². The second-order valence-electron chi connectivity index (χ2n) is 9.94. The Hall–Kier alpha value is -1.60. The first-order chi connectivity index (χ1) is 15.9. The summed E-state index contributed by atoms with van der Waals surface area (Å²) in [6, 6.07) is 5.40. The number of amides is 1. The molecule has 0 bridgehead atoms. The van der Waals surface area contributed by atoms with Gasteiger partial charge in [0.15, 0.2) is 0 Å². The number of rotatable bonds is 5. The van der Waals surface area contributed by atoms with Crippen LogP contribution in [0.4, 0.5) is 0 Å². The van der Waals surface area contributed by atoms with E-state index in [1.54, 1.807) is 12.3 Å². The van der Waals surface area contributed by atoms with Gasteiger partial charge in [0.25, 0.3) is 5.91 Å². The molecule has 2 aliphatic heterocycles. The van der Waals surface area contributed by atoms with Crippen LogP contribution in [0, 0.1) is 5.92 Å². The predicted molar refractivity (Wildman–Crippen MR) is 131 cm³/mol. The van der Waals surface area contributed by atoms with E-state index in [4.69, 9.17) is 27.9 Å². The van der Waals surface area contributed by atoms with Gasteiger partial charge in [0.05, 0.1) is 40.4 Å². The summed E-state index contributed by atoms with van der Waals surface area (Å²) < 4.78 is 7.71. The molecule has 6 nitrogen and oxygen atoms in total. The van der Waals surface area contributed by atoms with Crippen molar-refractivity contribution in [3.8, 4) is 5.69 Å². The molecule has 5 rings (SSSR count). The maximum atomic E-state index is 13.5. The number of aromatic nitrogens is 2. The fourth-order valence-corrected chi connectivity index (χ4v) is 5.89. The lowest BCUT2D eigenvalue weighted by atomic mass is 9.95. The quantitative estimate of drug-likeness (QED) is 0.590. The minimum Gasteiger partial charge on any atom is -0.373 e. The van der Waals surface area contributed by atoms with Crippen molar-refractivity contribution < 1.29 is 9.53 Å². The second kappa shape index (κ2) is 9.57. The van der Waals surface area contributed by atoms with Gasteiger partial charge < -0.3 is 9.64 Å². The molecule has 8 heteroatoms. The lowest BCUT2D eigenvalue weighted by molar-refractivity contribution is -0.0728. The topological polar surface area (TPSA) is 50.6 Å². The number of hydrogen-bond acceptors (Lipinski definition) is 4. The number of morpholine rings is 1. The number of carbonyl (C=O) groups is 1. The van der Waals surface area contributed by atoms with Crippen molar-refractivity contribution in [2.75, 3.05) is 32.7 Å². The summed E-state index contributed by atoms with van der Waals surface area (Å²) in [6.45, 7) is 9.01. The molecular weight excluding hydrogens is 459 g/mol. The van der Waals surface area contributed by atoms with E-state index in [1.165, 1.54) is 0 Å². The van der Waals surface area contributed by atoms with Gasteiger partial charge in [0, 0.05) is 43.7 Å². The number of halogens is 2. The Labute approximate surface area is 205 Å². The molecule has 0 spiro atoms. The molecule has 178 valence electrons. The van der Waals surface area contributed by atoms with Crippen molar-refractivity contribution in [3.63, 3.8) is 0 Å². The molecule has 33 heavy (non-hydrogen) atoms. The lowest BCUT2D eigenvalue weighted by Gasteiger charge is -2.39. The molecule has 0 radical (unpaired) electrons. The monoisotopic (exact) mass is 490 g/mol. The molecule has 1 aliphatic carbocycles. The van der Waals surface area contributed by atoms with Crippen molar-refractivity contribution in [2.24, 2.45) is 5.92 Å². The van der Waals surface area contributed by atoms with Gasteiger partial charge in [0.1, 0.15) is 0 Å². The van der Waals surface area contributed by atoms with Crippen LogP contribution in [-0.4, -0.2) is 70.4 Å². The van der Waals surface area contributed by atoms with E-state index in [0.29, 0.717) is 34.1 Å². The highest BCUT2D eigenvalue weighted by molar-refractivity contribution is 6.35. The van der Waals surface area contributed by atoms with Crippen molar-refractivity contribution in [3.05, 3.63) is 45.7 Å². The highest BCUT2D eigenvalue weighted by Gasteiger charge is 2.36. The van der Waals surface area contributed by atoms with Gasteiger partial charge in [0.2, 0.25) is 0 Å². The summed E-state index contributed by atoms with van der Waals surface area (Å²) in [5, 5.41) is 5.71. The molecule has 1 saturated carbocycles. The summed E-state index contributed by atoms with van der Waals surface area (Å²) in [5.41, 5.74) is 2.48. The SMILES string of the molecule is CC1CN(CC2CCN(C(=O)c3cnn(-c4ccc(Cl)cc4Cl)c3C3CC3)CC2)CC(C)O1. The smallest absolute Gasteiger partial charge is 0.257 e. The van der Waals surface area contributed by atoms with E-state index in [2.05, 4.69) is 23.8 Å². The van der Waals surface area contributed by atoms with Crippen LogP contribution in [0.25, 0.3) is 5.69 Å². The first-order valence-electron chi connectivity index (χ1n) is 12.1. The highest BCUT2D eigenvalue weighted by atomic mass is 35.5. The average molecular weight is 491 g/mol. The largest absolute Gasteiger partial charge is 0.373 e. The first-order valence-corrected chi connectivity index (χ1v) is 12.8. The molecule has 2 atom stereocenters. The number of nitrogens with zero attached hydrogens (tertiary/aromatic N) is 4. The van der Waals surface area contributed by atoms with Crippen LogP contribution in [0.1, 0.15) is 61.5 Å². The van der Waals surface area contributed by atoms with E-state index in [-0.39, 0.29) is 5.91 Å². The van der Waals surface area contributed by atoms with Gasteiger partial charge in [-0.1, -0.05) is 23.2 Å². The van der Waals surface area contributed by atoms with Gasteiger partial charge in [-0.05, 0) is 63.6 Å². The molecular formula is C25H32Cl2N4O2. The molecule has 1 aromatic heterocycles. The molecule has 0 N–H and O–H groups in total. The highest BCUT2D eigenvalue weighted by Crippen LogP contribution is 2.43. The van der Waals surface area contributed by atoms with Crippen LogP contribution in [0.3, 0.4) is 0 Å². The number of piperidine rings is 1. The molecule has 3 fully saturated rings. The zero-order valence-corrected chi connectivity index (χ0v) is 20.9. The van der Waals surface area contributed by atoms with E-state index in [0.717, 1.165) is 75.4 Å². The van der Waals surface area contributed by atoms with Crippen LogP contribution in [0.5, 0.6) is 0 Å². The number of hydrogen-bond donors (Lipinski definition) is 0. The molecule has 3 heterocycles. The maximum absolute atomic E-state index is 13.5. The third-order valence-electron chi connectivity index (χ3n) is 7.05. The standard InChI is InChI=1S/C25H32Cl2N4O2/c1-16-13-29(14-17(2)33-16)15-18-7-9-30(10-8-18)25(32)21-12-28-31(24(21)19-3-4-19)23-6-5-20(26)11-22(23)27/h5-6,11-12,16-19H,3-4,7-10,13-15H2,1-2H3. The van der Waals surface area contributed by atoms with Crippen molar-refractivity contribution in [1.29, 1.82) is 0 Å². The van der Waals surface area contributed by atoms with Crippen LogP contribution >= 0.6 is 23.2 Å². The minimum absolute atomic E-state index is 0.0975. The normalized spacial score (nSPS) is 24.9. The van der Waals surface area contributed by atoms with Gasteiger partial charge >= 0.3 is 0 Å². The summed E-state index contributed by atoms with van der Waals surface area (Å²) in [6.07, 6.45) is 6.56. The maximum Gasteiger partial charge on any atom is 0.257 e. The number of ether oxygens (including phenoxy) is 1. The van der Waals surface area contributed by atoms with Crippen LogP contribution < -0.4 is 0 Å². The zero-order chi connectivity index (χ0) is 23.1. The van der Waals surface area contributed by atoms with E-state index in [9.17, 15) is 4.79 Å². The molecule has 1 amide bonds.